The van der Waals surface area contributed by atoms with Crippen molar-refractivity contribution in [3.63, 3.8) is 0 Å². The number of aliphatic hydroxyl groups excluding tert-OH is 1. The lowest BCUT2D eigenvalue weighted by atomic mass is 10.1. The van der Waals surface area contributed by atoms with E-state index < -0.39 is 9.84 Å². The van der Waals surface area contributed by atoms with Crippen molar-refractivity contribution in [1.82, 2.24) is 4.90 Å². The Balaban J connectivity index is 2.08. The third-order valence-electron chi connectivity index (χ3n) is 3.39. The summed E-state index contributed by atoms with van der Waals surface area (Å²) in [6.07, 6.45) is 0.642. The minimum Gasteiger partial charge on any atom is -0.395 e. The second-order valence-corrected chi connectivity index (χ2v) is 7.55. The summed E-state index contributed by atoms with van der Waals surface area (Å²) in [5, 5.41) is 9.81. The molecule has 1 aliphatic heterocycles. The number of aliphatic hydroxyl groups is 1. The summed E-state index contributed by atoms with van der Waals surface area (Å²) in [7, 11) is -2.91. The fourth-order valence-corrected chi connectivity index (χ4v) is 4.43. The van der Waals surface area contributed by atoms with Gasteiger partial charge in [0.2, 0.25) is 0 Å². The summed E-state index contributed by atoms with van der Waals surface area (Å²) in [5.74, 6) is 0.433. The van der Waals surface area contributed by atoms with Crippen molar-refractivity contribution in [2.45, 2.75) is 19.0 Å². The number of hydrogen-bond donors (Lipinski definition) is 1. The van der Waals surface area contributed by atoms with Crippen LogP contribution in [0.4, 0.5) is 0 Å². The van der Waals surface area contributed by atoms with E-state index in [0.29, 0.717) is 24.5 Å². The molecule has 0 aromatic heterocycles. The Morgan fingerprint density at radius 1 is 1.42 bits per heavy atom. The monoisotopic (exact) mass is 303 g/mol. The Labute approximate surface area is 118 Å². The van der Waals surface area contributed by atoms with E-state index in [-0.39, 0.29) is 24.2 Å². The first-order chi connectivity index (χ1) is 9.00. The summed E-state index contributed by atoms with van der Waals surface area (Å²) in [6.45, 7) is 1.12. The van der Waals surface area contributed by atoms with Crippen molar-refractivity contribution in [3.8, 4) is 0 Å². The molecule has 1 N–H and O–H groups in total. The fourth-order valence-electron chi connectivity index (χ4n) is 2.45. The molecule has 0 unspecified atom stereocenters. The number of nitrogens with zero attached hydrogens (tertiary/aromatic N) is 1. The maximum atomic E-state index is 11.5. The van der Waals surface area contributed by atoms with E-state index in [1.807, 2.05) is 29.2 Å². The van der Waals surface area contributed by atoms with Crippen LogP contribution in [0.2, 0.25) is 5.02 Å². The molecule has 0 bridgehead atoms. The average molecular weight is 304 g/mol. The third-order valence-corrected chi connectivity index (χ3v) is 5.37. The number of rotatable bonds is 5. The summed E-state index contributed by atoms with van der Waals surface area (Å²) >= 11 is 5.95. The standard InChI is InChI=1S/C13H18ClNO3S/c14-12-3-1-2-11(8-12)9-15(5-6-16)13-4-7-19(17,18)10-13/h1-3,8,13,16H,4-7,9-10H2/t13-/m0/s1. The Bertz CT molecular complexity index is 532. The van der Waals surface area contributed by atoms with E-state index in [2.05, 4.69) is 0 Å². The van der Waals surface area contributed by atoms with Crippen LogP contribution in [0, 0.1) is 0 Å². The first-order valence-corrected chi connectivity index (χ1v) is 8.50. The molecular weight excluding hydrogens is 286 g/mol. The fraction of sp³-hybridized carbons (Fsp3) is 0.538. The molecule has 1 heterocycles. The van der Waals surface area contributed by atoms with Gasteiger partial charge in [0.1, 0.15) is 0 Å². The highest BCUT2D eigenvalue weighted by atomic mass is 35.5. The first kappa shape index (κ1) is 14.8. The van der Waals surface area contributed by atoms with Gasteiger partial charge in [0.15, 0.2) is 9.84 Å². The van der Waals surface area contributed by atoms with E-state index in [0.717, 1.165) is 5.56 Å². The van der Waals surface area contributed by atoms with Crippen LogP contribution in [0.5, 0.6) is 0 Å². The molecule has 19 heavy (non-hydrogen) atoms. The molecular formula is C13H18ClNO3S. The number of hydrogen-bond acceptors (Lipinski definition) is 4. The van der Waals surface area contributed by atoms with Crippen molar-refractivity contribution in [2.24, 2.45) is 0 Å². The van der Waals surface area contributed by atoms with Crippen LogP contribution >= 0.6 is 11.6 Å². The highest BCUT2D eigenvalue weighted by Gasteiger charge is 2.31. The van der Waals surface area contributed by atoms with Gasteiger partial charge in [-0.1, -0.05) is 23.7 Å². The summed E-state index contributed by atoms with van der Waals surface area (Å²) < 4.78 is 23.1. The average Bonchev–Trinajstić information content (AvgIpc) is 2.69. The van der Waals surface area contributed by atoms with Crippen molar-refractivity contribution >= 4 is 21.4 Å². The molecule has 106 valence electrons. The van der Waals surface area contributed by atoms with Crippen LogP contribution in [0.3, 0.4) is 0 Å². The molecule has 1 fully saturated rings. The minimum atomic E-state index is -2.91. The molecule has 1 aliphatic rings. The lowest BCUT2D eigenvalue weighted by molar-refractivity contribution is 0.153. The molecule has 0 saturated carbocycles. The van der Waals surface area contributed by atoms with E-state index in [4.69, 9.17) is 16.7 Å². The number of halogens is 1. The molecule has 4 nitrogen and oxygen atoms in total. The molecule has 0 aliphatic carbocycles. The summed E-state index contributed by atoms with van der Waals surface area (Å²) in [5.41, 5.74) is 1.03. The van der Waals surface area contributed by atoms with Gasteiger partial charge in [-0.2, -0.15) is 0 Å². The van der Waals surface area contributed by atoms with Crippen molar-refractivity contribution in [1.29, 1.82) is 0 Å². The largest absolute Gasteiger partial charge is 0.395 e. The molecule has 1 aromatic rings. The van der Waals surface area contributed by atoms with Gasteiger partial charge >= 0.3 is 0 Å². The molecule has 1 saturated heterocycles. The molecule has 0 spiro atoms. The quantitative estimate of drug-likeness (QED) is 0.891. The van der Waals surface area contributed by atoms with Crippen molar-refractivity contribution < 1.29 is 13.5 Å². The Hall–Kier alpha value is -0.620. The molecule has 0 amide bonds. The zero-order valence-electron chi connectivity index (χ0n) is 10.6. The van der Waals surface area contributed by atoms with E-state index in [1.54, 1.807) is 0 Å². The lowest BCUT2D eigenvalue weighted by Crippen LogP contribution is -2.37. The second kappa shape index (κ2) is 6.22. The highest BCUT2D eigenvalue weighted by molar-refractivity contribution is 7.91. The smallest absolute Gasteiger partial charge is 0.151 e. The molecule has 6 heteroatoms. The van der Waals surface area contributed by atoms with Gasteiger partial charge in [-0.3, -0.25) is 4.90 Å². The SMILES string of the molecule is O=S1(=O)CC[C@H](N(CCO)Cc2cccc(Cl)c2)C1. The van der Waals surface area contributed by atoms with Gasteiger partial charge in [-0.25, -0.2) is 8.42 Å². The Kier molecular flexibility index (Phi) is 4.84. The van der Waals surface area contributed by atoms with Gasteiger partial charge in [-0.15, -0.1) is 0 Å². The van der Waals surface area contributed by atoms with Gasteiger partial charge < -0.3 is 5.11 Å². The van der Waals surface area contributed by atoms with Gasteiger partial charge in [-0.05, 0) is 24.1 Å². The topological polar surface area (TPSA) is 57.6 Å². The first-order valence-electron chi connectivity index (χ1n) is 6.30. The summed E-state index contributed by atoms with van der Waals surface area (Å²) in [6, 6.07) is 7.51. The molecule has 0 radical (unpaired) electrons. The van der Waals surface area contributed by atoms with Crippen LogP contribution in [-0.4, -0.2) is 49.1 Å². The molecule has 1 aromatic carbocycles. The normalized spacial score (nSPS) is 21.9. The second-order valence-electron chi connectivity index (χ2n) is 4.88. The van der Waals surface area contributed by atoms with Crippen LogP contribution in [-0.2, 0) is 16.4 Å². The van der Waals surface area contributed by atoms with Gasteiger partial charge in [0.05, 0.1) is 18.1 Å². The maximum Gasteiger partial charge on any atom is 0.151 e. The zero-order chi connectivity index (χ0) is 13.9. The predicted octanol–water partition coefficient (Wildman–Crippen LogP) is 1.32. The molecule has 1 atom stereocenters. The van der Waals surface area contributed by atoms with Crippen LogP contribution < -0.4 is 0 Å². The van der Waals surface area contributed by atoms with Crippen LogP contribution in [0.15, 0.2) is 24.3 Å². The van der Waals surface area contributed by atoms with E-state index >= 15 is 0 Å². The maximum absolute atomic E-state index is 11.5. The van der Waals surface area contributed by atoms with Crippen LogP contribution in [0.25, 0.3) is 0 Å². The van der Waals surface area contributed by atoms with Crippen molar-refractivity contribution in [3.05, 3.63) is 34.9 Å². The highest BCUT2D eigenvalue weighted by Crippen LogP contribution is 2.20. The van der Waals surface area contributed by atoms with Crippen molar-refractivity contribution in [2.75, 3.05) is 24.7 Å². The third kappa shape index (κ3) is 4.18. The van der Waals surface area contributed by atoms with Gasteiger partial charge in [0.25, 0.3) is 0 Å². The number of sulfone groups is 1. The van der Waals surface area contributed by atoms with E-state index in [9.17, 15) is 8.42 Å². The Morgan fingerprint density at radius 3 is 2.79 bits per heavy atom. The zero-order valence-corrected chi connectivity index (χ0v) is 12.2. The van der Waals surface area contributed by atoms with Crippen LogP contribution in [0.1, 0.15) is 12.0 Å². The molecule has 2 rings (SSSR count). The van der Waals surface area contributed by atoms with Gasteiger partial charge in [0, 0.05) is 24.2 Å². The lowest BCUT2D eigenvalue weighted by Gasteiger charge is -2.27. The van der Waals surface area contributed by atoms with E-state index in [1.165, 1.54) is 0 Å². The predicted molar refractivity (Wildman–Crippen MR) is 76.0 cm³/mol. The minimum absolute atomic E-state index is 0.00358. The number of benzene rings is 1. The Morgan fingerprint density at radius 2 is 2.21 bits per heavy atom. The summed E-state index contributed by atoms with van der Waals surface area (Å²) in [4.78, 5) is 2.02.